The Morgan fingerprint density at radius 2 is 1.97 bits per heavy atom. The summed E-state index contributed by atoms with van der Waals surface area (Å²) in [5.41, 5.74) is 10.6. The maximum atomic E-state index is 12.9. The van der Waals surface area contributed by atoms with Crippen molar-refractivity contribution >= 4 is 22.3 Å². The lowest BCUT2D eigenvalue weighted by Crippen LogP contribution is -2.37. The third kappa shape index (κ3) is 5.26. The Morgan fingerprint density at radius 3 is 2.59 bits per heavy atom. The van der Waals surface area contributed by atoms with E-state index in [-0.39, 0.29) is 10.5 Å². The molecule has 0 aliphatic carbocycles. The van der Waals surface area contributed by atoms with E-state index < -0.39 is 22.0 Å². The molecule has 0 saturated carbocycles. The number of carboxylic acids is 1. The second-order valence-corrected chi connectivity index (χ2v) is 9.54. The maximum absolute atomic E-state index is 12.9. The molecule has 1 heterocycles. The summed E-state index contributed by atoms with van der Waals surface area (Å²) < 4.78 is 31.8. The molecule has 0 bridgehead atoms. The number of sulfonamides is 1. The summed E-state index contributed by atoms with van der Waals surface area (Å²) in [6.45, 7) is 9.73. The van der Waals surface area contributed by atoms with Crippen LogP contribution < -0.4 is 20.7 Å². The van der Waals surface area contributed by atoms with Gasteiger partial charge in [-0.3, -0.25) is 15.2 Å². The Morgan fingerprint density at radius 1 is 1.31 bits per heavy atom. The van der Waals surface area contributed by atoms with E-state index in [0.29, 0.717) is 36.9 Å². The lowest BCUT2D eigenvalue weighted by molar-refractivity contribution is -0.138. The lowest BCUT2D eigenvalue weighted by Gasteiger charge is -2.19. The van der Waals surface area contributed by atoms with Crippen molar-refractivity contribution in [2.45, 2.75) is 70.4 Å². The number of aliphatic carboxylic acids is 1. The van der Waals surface area contributed by atoms with Gasteiger partial charge in [0.1, 0.15) is 17.4 Å². The third-order valence-corrected chi connectivity index (χ3v) is 6.57. The number of hydrogen-bond donors (Lipinski definition) is 4. The lowest BCUT2D eigenvalue weighted by atomic mass is 9.94. The first kappa shape index (κ1) is 23.1. The zero-order valence-electron chi connectivity index (χ0n) is 17.5. The predicted octanol–water partition coefficient (Wildman–Crippen LogP) is 1.33. The van der Waals surface area contributed by atoms with Gasteiger partial charge in [-0.1, -0.05) is 0 Å². The van der Waals surface area contributed by atoms with Crippen LogP contribution in [0, 0.1) is 20.8 Å². The molecule has 1 aromatic carbocycles. The number of nitrogens with one attached hydrogen (secondary N) is 2. The number of carbonyl (C=O) groups is 1. The van der Waals surface area contributed by atoms with E-state index in [1.807, 2.05) is 20.8 Å². The van der Waals surface area contributed by atoms with Crippen LogP contribution in [0.3, 0.4) is 0 Å². The fourth-order valence-corrected chi connectivity index (χ4v) is 4.83. The average molecular weight is 427 g/mol. The van der Waals surface area contributed by atoms with Gasteiger partial charge < -0.3 is 15.6 Å². The molecular formula is C19H30N4O5S. The van der Waals surface area contributed by atoms with Crippen molar-refractivity contribution in [2.24, 2.45) is 10.7 Å². The van der Waals surface area contributed by atoms with Gasteiger partial charge in [-0.15, -0.1) is 4.83 Å². The molecule has 10 heteroatoms. The van der Waals surface area contributed by atoms with E-state index in [2.05, 4.69) is 15.2 Å². The van der Waals surface area contributed by atoms with Gasteiger partial charge >= 0.3 is 5.97 Å². The highest BCUT2D eigenvalue weighted by Gasteiger charge is 2.36. The molecule has 0 aromatic heterocycles. The number of ether oxygens (including phenoxy) is 1. The van der Waals surface area contributed by atoms with Gasteiger partial charge in [-0.25, -0.2) is 8.42 Å². The van der Waals surface area contributed by atoms with Gasteiger partial charge in [0.25, 0.3) is 10.0 Å². The van der Waals surface area contributed by atoms with Gasteiger partial charge in [-0.05, 0) is 64.2 Å². The molecular weight excluding hydrogens is 396 g/mol. The summed E-state index contributed by atoms with van der Waals surface area (Å²) in [6.07, 6.45) is 2.66. The first-order chi connectivity index (χ1) is 13.4. The first-order valence-electron chi connectivity index (χ1n) is 9.43. The Balaban J connectivity index is 2.06. The number of aliphatic imine (C=N–C) groups is 1. The van der Waals surface area contributed by atoms with E-state index in [0.717, 1.165) is 16.9 Å². The minimum absolute atomic E-state index is 0.239. The molecule has 29 heavy (non-hydrogen) atoms. The largest absolute Gasteiger partial charge is 0.487 e. The number of hydrogen-bond acceptors (Lipinski definition) is 6. The molecule has 0 fully saturated rings. The number of rotatable bonds is 9. The Labute approximate surface area is 171 Å². The van der Waals surface area contributed by atoms with Crippen molar-refractivity contribution in [1.82, 2.24) is 10.3 Å². The Hall–Kier alpha value is -2.17. The van der Waals surface area contributed by atoms with E-state index in [1.165, 1.54) is 6.34 Å². The number of hydrazine groups is 1. The smallest absolute Gasteiger partial charge is 0.320 e. The number of nitrogens with zero attached hydrogens (tertiary/aromatic N) is 1. The van der Waals surface area contributed by atoms with Crippen molar-refractivity contribution < 1.29 is 23.1 Å². The van der Waals surface area contributed by atoms with E-state index in [4.69, 9.17) is 15.6 Å². The molecule has 2 rings (SSSR count). The molecule has 5 N–H and O–H groups in total. The SMILES string of the molecule is Cc1c(C)c(S(=O)(=O)NNC=NCCCC(N)C(=O)O)c(C)c2c1OC(C)(C)C2. The minimum atomic E-state index is -3.83. The van der Waals surface area contributed by atoms with Crippen LogP contribution in [-0.2, 0) is 21.2 Å². The molecule has 1 aromatic rings. The van der Waals surface area contributed by atoms with Gasteiger partial charge in [0, 0.05) is 18.5 Å². The topological polar surface area (TPSA) is 143 Å². The van der Waals surface area contributed by atoms with Crippen molar-refractivity contribution in [3.05, 3.63) is 22.3 Å². The molecule has 0 saturated heterocycles. The normalized spacial score (nSPS) is 16.5. The second-order valence-electron chi connectivity index (χ2n) is 7.92. The molecule has 0 amide bonds. The van der Waals surface area contributed by atoms with Gasteiger partial charge in [0.15, 0.2) is 0 Å². The molecule has 162 valence electrons. The maximum Gasteiger partial charge on any atom is 0.320 e. The Kier molecular flexibility index (Phi) is 6.92. The second kappa shape index (κ2) is 8.68. The number of benzene rings is 1. The summed E-state index contributed by atoms with van der Waals surface area (Å²) >= 11 is 0. The van der Waals surface area contributed by atoms with Gasteiger partial charge in [0.05, 0.1) is 11.2 Å². The van der Waals surface area contributed by atoms with Gasteiger partial charge in [-0.2, -0.15) is 0 Å². The molecule has 1 aliphatic rings. The highest BCUT2D eigenvalue weighted by Crippen LogP contribution is 2.43. The standard InChI is InChI=1S/C19H30N4O5S/c1-11-12(2)17(13(3)14-9-19(4,5)28-16(11)14)29(26,27)23-22-10-21-8-6-7-15(20)18(24)25/h10,15,23H,6-9,20H2,1-5H3,(H,21,22)(H,24,25). The van der Waals surface area contributed by atoms with Crippen LogP contribution in [0.2, 0.25) is 0 Å². The fraction of sp³-hybridized carbons (Fsp3) is 0.579. The first-order valence-corrected chi connectivity index (χ1v) is 10.9. The van der Waals surface area contributed by atoms with Crippen molar-refractivity contribution in [2.75, 3.05) is 6.54 Å². The highest BCUT2D eigenvalue weighted by molar-refractivity contribution is 7.89. The molecule has 0 spiro atoms. The van der Waals surface area contributed by atoms with Crippen LogP contribution in [0.4, 0.5) is 0 Å². The monoisotopic (exact) mass is 426 g/mol. The van der Waals surface area contributed by atoms with Gasteiger partial charge in [0.2, 0.25) is 0 Å². The highest BCUT2D eigenvalue weighted by atomic mass is 32.2. The molecule has 1 aliphatic heterocycles. The zero-order chi connectivity index (χ0) is 22.0. The van der Waals surface area contributed by atoms with E-state index >= 15 is 0 Å². The molecule has 1 unspecified atom stereocenters. The fourth-order valence-electron chi connectivity index (χ4n) is 3.44. The molecule has 9 nitrogen and oxygen atoms in total. The predicted molar refractivity (Wildman–Crippen MR) is 111 cm³/mol. The summed E-state index contributed by atoms with van der Waals surface area (Å²) in [5, 5.41) is 8.71. The van der Waals surface area contributed by atoms with Crippen LogP contribution in [-0.4, -0.2) is 44.0 Å². The third-order valence-electron chi connectivity index (χ3n) is 5.03. The molecule has 1 atom stereocenters. The minimum Gasteiger partial charge on any atom is -0.487 e. The summed E-state index contributed by atoms with van der Waals surface area (Å²) in [6, 6.07) is -0.917. The Bertz CT molecular complexity index is 925. The number of fused-ring (bicyclic) bond motifs is 1. The van der Waals surface area contributed by atoms with E-state index in [1.54, 1.807) is 13.8 Å². The van der Waals surface area contributed by atoms with Crippen molar-refractivity contribution in [3.8, 4) is 5.75 Å². The van der Waals surface area contributed by atoms with Crippen LogP contribution >= 0.6 is 0 Å². The van der Waals surface area contributed by atoms with E-state index in [9.17, 15) is 13.2 Å². The summed E-state index contributed by atoms with van der Waals surface area (Å²) in [4.78, 5) is 17.2. The summed E-state index contributed by atoms with van der Waals surface area (Å²) in [7, 11) is -3.83. The number of carboxylic acid groups (broad SMARTS) is 1. The van der Waals surface area contributed by atoms with Crippen molar-refractivity contribution in [3.63, 3.8) is 0 Å². The summed E-state index contributed by atoms with van der Waals surface area (Å²) in [5.74, 6) is -0.276. The quantitative estimate of drug-likeness (QED) is 0.202. The van der Waals surface area contributed by atoms with Crippen LogP contribution in [0.5, 0.6) is 5.75 Å². The average Bonchev–Trinajstić information content (AvgIpc) is 2.94. The van der Waals surface area contributed by atoms with Crippen LogP contribution in [0.1, 0.15) is 48.9 Å². The van der Waals surface area contributed by atoms with Crippen molar-refractivity contribution in [1.29, 1.82) is 0 Å². The number of nitrogens with two attached hydrogens (primary N) is 1. The zero-order valence-corrected chi connectivity index (χ0v) is 18.3. The molecule has 0 radical (unpaired) electrons. The van der Waals surface area contributed by atoms with Crippen LogP contribution in [0.25, 0.3) is 0 Å². The van der Waals surface area contributed by atoms with Crippen LogP contribution in [0.15, 0.2) is 9.89 Å².